The lowest BCUT2D eigenvalue weighted by molar-refractivity contribution is 0.626. The zero-order chi connectivity index (χ0) is 11.7. The van der Waals surface area contributed by atoms with Gasteiger partial charge in [-0.3, -0.25) is 0 Å². The molecule has 0 fully saturated rings. The number of hydrogen-bond donors (Lipinski definition) is 1. The largest absolute Gasteiger partial charge is 0.375 e. The lowest BCUT2D eigenvalue weighted by Crippen LogP contribution is -1.95. The van der Waals surface area contributed by atoms with Gasteiger partial charge < -0.3 is 5.73 Å². The van der Waals surface area contributed by atoms with Gasteiger partial charge in [-0.05, 0) is 24.6 Å². The van der Waals surface area contributed by atoms with Crippen molar-refractivity contribution < 1.29 is 4.39 Å². The summed E-state index contributed by atoms with van der Waals surface area (Å²) in [7, 11) is 0. The lowest BCUT2D eigenvalue weighted by atomic mass is 9.99. The van der Waals surface area contributed by atoms with Crippen molar-refractivity contribution >= 4 is 16.5 Å². The van der Waals surface area contributed by atoms with Crippen LogP contribution in [0.4, 0.5) is 9.52 Å². The Morgan fingerprint density at radius 3 is 2.44 bits per heavy atom. The van der Waals surface area contributed by atoms with Gasteiger partial charge in [0.2, 0.25) is 0 Å². The molecular weight excluding hydrogens is 223 g/mol. The summed E-state index contributed by atoms with van der Waals surface area (Å²) in [5, 5.41) is 0.585. The molecule has 4 heteroatoms. The second kappa shape index (κ2) is 4.22. The molecule has 0 saturated carbocycles. The molecule has 2 N–H and O–H groups in total. The van der Waals surface area contributed by atoms with Crippen molar-refractivity contribution in [3.05, 3.63) is 46.2 Å². The fourth-order valence-corrected chi connectivity index (χ4v) is 2.65. The summed E-state index contributed by atoms with van der Waals surface area (Å²) in [5.74, 6) is -0.00751. The molecule has 0 spiro atoms. The summed E-state index contributed by atoms with van der Waals surface area (Å²) in [6.45, 7) is 4.02. The molecule has 1 heterocycles. The molecule has 1 atom stereocenters. The third-order valence-corrected chi connectivity index (χ3v) is 3.78. The van der Waals surface area contributed by atoms with Crippen molar-refractivity contribution in [3.8, 4) is 0 Å². The summed E-state index contributed by atoms with van der Waals surface area (Å²) < 4.78 is 12.8. The first-order valence-corrected chi connectivity index (χ1v) is 5.88. The number of aryl methyl sites for hydroxylation is 1. The van der Waals surface area contributed by atoms with Gasteiger partial charge in [-0.1, -0.05) is 19.1 Å². The molecule has 0 radical (unpaired) electrons. The maximum Gasteiger partial charge on any atom is 0.180 e. The van der Waals surface area contributed by atoms with Gasteiger partial charge in [0.05, 0.1) is 5.69 Å². The average Bonchev–Trinajstić information content (AvgIpc) is 2.58. The molecule has 1 aromatic carbocycles. The summed E-state index contributed by atoms with van der Waals surface area (Å²) in [6.07, 6.45) is 0. The third-order valence-electron chi connectivity index (χ3n) is 2.61. The number of nitrogens with zero attached hydrogens (tertiary/aromatic N) is 1. The predicted molar refractivity (Wildman–Crippen MR) is 65.2 cm³/mol. The Morgan fingerprint density at radius 2 is 1.94 bits per heavy atom. The van der Waals surface area contributed by atoms with E-state index in [1.165, 1.54) is 23.5 Å². The van der Waals surface area contributed by atoms with Crippen molar-refractivity contribution in [2.75, 3.05) is 5.73 Å². The molecule has 1 aromatic heterocycles. The van der Waals surface area contributed by atoms with Gasteiger partial charge in [-0.15, -0.1) is 11.3 Å². The summed E-state index contributed by atoms with van der Waals surface area (Å²) >= 11 is 1.49. The van der Waals surface area contributed by atoms with Crippen LogP contribution in [0.3, 0.4) is 0 Å². The Bertz CT molecular complexity index is 490. The van der Waals surface area contributed by atoms with Crippen LogP contribution in [-0.2, 0) is 0 Å². The first-order valence-electron chi connectivity index (χ1n) is 5.06. The van der Waals surface area contributed by atoms with Crippen LogP contribution in [0.25, 0.3) is 0 Å². The first-order chi connectivity index (χ1) is 7.58. The molecule has 0 amide bonds. The number of halogens is 1. The molecule has 1 unspecified atom stereocenters. The van der Waals surface area contributed by atoms with Gasteiger partial charge in [0.15, 0.2) is 5.13 Å². The molecule has 16 heavy (non-hydrogen) atoms. The van der Waals surface area contributed by atoms with Gasteiger partial charge in [-0.25, -0.2) is 9.37 Å². The van der Waals surface area contributed by atoms with Crippen LogP contribution in [0.5, 0.6) is 0 Å². The van der Waals surface area contributed by atoms with E-state index in [0.717, 1.165) is 16.1 Å². The van der Waals surface area contributed by atoms with Crippen molar-refractivity contribution in [1.29, 1.82) is 0 Å². The quantitative estimate of drug-likeness (QED) is 0.868. The topological polar surface area (TPSA) is 38.9 Å². The minimum absolute atomic E-state index is 0.204. The highest BCUT2D eigenvalue weighted by Gasteiger charge is 2.15. The van der Waals surface area contributed by atoms with E-state index in [9.17, 15) is 4.39 Å². The third kappa shape index (κ3) is 2.07. The van der Waals surface area contributed by atoms with Gasteiger partial charge in [0.1, 0.15) is 5.82 Å². The summed E-state index contributed by atoms with van der Waals surface area (Å²) in [4.78, 5) is 5.34. The van der Waals surface area contributed by atoms with E-state index in [0.29, 0.717) is 5.13 Å². The molecule has 2 nitrogen and oxygen atoms in total. The second-order valence-electron chi connectivity index (χ2n) is 3.78. The van der Waals surface area contributed by atoms with Gasteiger partial charge in [-0.2, -0.15) is 0 Å². The van der Waals surface area contributed by atoms with E-state index in [2.05, 4.69) is 11.9 Å². The molecule has 0 bridgehead atoms. The van der Waals surface area contributed by atoms with E-state index in [4.69, 9.17) is 5.73 Å². The second-order valence-corrected chi connectivity index (χ2v) is 4.84. The predicted octanol–water partition coefficient (Wildman–Crippen LogP) is 3.32. The van der Waals surface area contributed by atoms with Crippen molar-refractivity contribution in [2.24, 2.45) is 0 Å². The highest BCUT2D eigenvalue weighted by atomic mass is 32.1. The fraction of sp³-hybridized carbons (Fsp3) is 0.250. The molecule has 0 saturated heterocycles. The fourth-order valence-electron chi connectivity index (χ4n) is 1.73. The van der Waals surface area contributed by atoms with Crippen molar-refractivity contribution in [2.45, 2.75) is 19.8 Å². The van der Waals surface area contributed by atoms with Crippen LogP contribution in [0, 0.1) is 12.7 Å². The van der Waals surface area contributed by atoms with E-state index in [1.54, 1.807) is 12.1 Å². The van der Waals surface area contributed by atoms with Gasteiger partial charge in [0.25, 0.3) is 0 Å². The number of rotatable bonds is 2. The minimum atomic E-state index is -0.212. The first kappa shape index (κ1) is 11.1. The Labute approximate surface area is 97.9 Å². The smallest absolute Gasteiger partial charge is 0.180 e. The monoisotopic (exact) mass is 236 g/mol. The number of aromatic nitrogens is 1. The highest BCUT2D eigenvalue weighted by Crippen LogP contribution is 2.32. The number of nitrogens with two attached hydrogens (primary N) is 1. The van der Waals surface area contributed by atoms with Crippen LogP contribution in [0.15, 0.2) is 24.3 Å². The zero-order valence-corrected chi connectivity index (χ0v) is 10.0. The number of nitrogen functional groups attached to an aromatic ring is 1. The Hall–Kier alpha value is -1.42. The molecule has 2 rings (SSSR count). The maximum absolute atomic E-state index is 12.8. The standard InChI is InChI=1S/C12H13FN2S/c1-7(9-3-5-10(13)6-4-9)11-8(2)15-12(14)16-11/h3-7H,1-2H3,(H2,14,15). The Morgan fingerprint density at radius 1 is 1.31 bits per heavy atom. The number of anilines is 1. The molecular formula is C12H13FN2S. The van der Waals surface area contributed by atoms with Crippen LogP contribution < -0.4 is 5.73 Å². The molecule has 0 aliphatic rings. The zero-order valence-electron chi connectivity index (χ0n) is 9.20. The van der Waals surface area contributed by atoms with E-state index in [1.807, 2.05) is 6.92 Å². The van der Waals surface area contributed by atoms with Gasteiger partial charge in [0, 0.05) is 10.8 Å². The molecule has 2 aromatic rings. The highest BCUT2D eigenvalue weighted by molar-refractivity contribution is 7.15. The number of benzene rings is 1. The van der Waals surface area contributed by atoms with Crippen molar-refractivity contribution in [3.63, 3.8) is 0 Å². The minimum Gasteiger partial charge on any atom is -0.375 e. The summed E-state index contributed by atoms with van der Waals surface area (Å²) in [5.41, 5.74) is 7.70. The maximum atomic E-state index is 12.8. The lowest BCUT2D eigenvalue weighted by Gasteiger charge is -2.10. The Kier molecular flexibility index (Phi) is 2.92. The normalized spacial score (nSPS) is 12.7. The van der Waals surface area contributed by atoms with E-state index >= 15 is 0 Å². The average molecular weight is 236 g/mol. The van der Waals surface area contributed by atoms with Crippen LogP contribution in [0.2, 0.25) is 0 Å². The van der Waals surface area contributed by atoms with Crippen LogP contribution in [-0.4, -0.2) is 4.98 Å². The van der Waals surface area contributed by atoms with Crippen molar-refractivity contribution in [1.82, 2.24) is 4.98 Å². The van der Waals surface area contributed by atoms with E-state index in [-0.39, 0.29) is 11.7 Å². The number of thiazole rings is 1. The molecule has 0 aliphatic carbocycles. The van der Waals surface area contributed by atoms with Gasteiger partial charge >= 0.3 is 0 Å². The Balaban J connectivity index is 2.35. The molecule has 0 aliphatic heterocycles. The molecule has 84 valence electrons. The SMILES string of the molecule is Cc1nc(N)sc1C(C)c1ccc(F)cc1. The van der Waals surface area contributed by atoms with E-state index < -0.39 is 0 Å². The van der Waals surface area contributed by atoms with Crippen LogP contribution >= 0.6 is 11.3 Å². The number of hydrogen-bond acceptors (Lipinski definition) is 3. The summed E-state index contributed by atoms with van der Waals surface area (Å²) in [6, 6.07) is 6.56. The van der Waals surface area contributed by atoms with Crippen LogP contribution in [0.1, 0.15) is 29.0 Å².